The molecule has 0 bridgehead atoms. The number of carbonyl (C=O) groups is 2. The summed E-state index contributed by atoms with van der Waals surface area (Å²) in [7, 11) is 0. The van der Waals surface area contributed by atoms with Crippen LogP contribution in [0, 0.1) is 13.8 Å². The fourth-order valence-corrected chi connectivity index (χ4v) is 4.07. The van der Waals surface area contributed by atoms with Crippen LogP contribution in [-0.2, 0) is 22.6 Å². The molecule has 0 aliphatic heterocycles. The second kappa shape index (κ2) is 12.4. The molecule has 0 aliphatic carbocycles. The van der Waals surface area contributed by atoms with Crippen molar-refractivity contribution in [2.75, 3.05) is 13.2 Å². The third kappa shape index (κ3) is 6.94. The molecule has 3 rings (SSSR count). The lowest BCUT2D eigenvalue weighted by molar-refractivity contribution is -0.142. The Morgan fingerprint density at radius 3 is 2.06 bits per heavy atom. The van der Waals surface area contributed by atoms with E-state index in [0.29, 0.717) is 25.3 Å². The number of benzene rings is 3. The predicted octanol–water partition coefficient (Wildman–Crippen LogP) is 5.22. The summed E-state index contributed by atoms with van der Waals surface area (Å²) >= 11 is 3.56. The summed E-state index contributed by atoms with van der Waals surface area (Å²) in [5, 5.41) is 2.90. The van der Waals surface area contributed by atoms with Crippen molar-refractivity contribution in [3.63, 3.8) is 0 Å². The molecule has 0 aliphatic rings. The molecule has 0 unspecified atom stereocenters. The van der Waals surface area contributed by atoms with E-state index in [9.17, 15) is 9.59 Å². The SMILES string of the molecule is CCNC(=O)[C@H](Cc1ccccc1)N(Cc1ccccc1)C(=O)COc1cc(C)c(Br)c(C)c1. The van der Waals surface area contributed by atoms with Gasteiger partial charge in [0.1, 0.15) is 11.8 Å². The number of hydrogen-bond acceptors (Lipinski definition) is 3. The number of nitrogens with one attached hydrogen (secondary N) is 1. The van der Waals surface area contributed by atoms with Gasteiger partial charge in [0.2, 0.25) is 5.91 Å². The Bertz CT molecular complexity index is 1080. The zero-order valence-corrected chi connectivity index (χ0v) is 21.5. The first-order valence-electron chi connectivity index (χ1n) is 11.4. The Morgan fingerprint density at radius 1 is 0.941 bits per heavy atom. The third-order valence-corrected chi connectivity index (χ3v) is 6.84. The minimum atomic E-state index is -0.660. The first kappa shape index (κ1) is 25.5. The average Bonchev–Trinajstić information content (AvgIpc) is 2.84. The summed E-state index contributed by atoms with van der Waals surface area (Å²) in [4.78, 5) is 28.3. The summed E-state index contributed by atoms with van der Waals surface area (Å²) in [6.45, 7) is 6.50. The molecule has 1 atom stereocenters. The average molecular weight is 523 g/mol. The molecule has 1 N–H and O–H groups in total. The molecule has 3 aromatic rings. The molecular weight excluding hydrogens is 492 g/mol. The monoisotopic (exact) mass is 522 g/mol. The molecule has 5 nitrogen and oxygen atoms in total. The summed E-state index contributed by atoms with van der Waals surface area (Å²) < 4.78 is 6.92. The number of nitrogens with zero attached hydrogens (tertiary/aromatic N) is 1. The van der Waals surface area contributed by atoms with Crippen LogP contribution in [0.5, 0.6) is 5.75 Å². The number of carbonyl (C=O) groups excluding carboxylic acids is 2. The Morgan fingerprint density at radius 2 is 1.50 bits per heavy atom. The van der Waals surface area contributed by atoms with Crippen LogP contribution < -0.4 is 10.1 Å². The Kier molecular flexibility index (Phi) is 9.28. The van der Waals surface area contributed by atoms with Gasteiger partial charge in [-0.2, -0.15) is 0 Å². The molecule has 3 aromatic carbocycles. The zero-order chi connectivity index (χ0) is 24.5. The highest BCUT2D eigenvalue weighted by Crippen LogP contribution is 2.26. The lowest BCUT2D eigenvalue weighted by Crippen LogP contribution is -2.51. The van der Waals surface area contributed by atoms with Crippen LogP contribution in [0.4, 0.5) is 0 Å². The van der Waals surface area contributed by atoms with Crippen molar-refractivity contribution in [2.45, 2.75) is 39.8 Å². The second-order valence-electron chi connectivity index (χ2n) is 8.27. The molecule has 0 saturated carbocycles. The maximum absolute atomic E-state index is 13.5. The fraction of sp³-hybridized carbons (Fsp3) is 0.286. The summed E-state index contributed by atoms with van der Waals surface area (Å²) in [5.41, 5.74) is 4.01. The van der Waals surface area contributed by atoms with Gasteiger partial charge < -0.3 is 15.0 Å². The van der Waals surface area contributed by atoms with Crippen LogP contribution >= 0.6 is 15.9 Å². The number of aryl methyl sites for hydroxylation is 2. The number of amides is 2. The second-order valence-corrected chi connectivity index (χ2v) is 9.06. The molecular formula is C28H31BrN2O3. The van der Waals surface area contributed by atoms with E-state index in [2.05, 4.69) is 21.2 Å². The van der Waals surface area contributed by atoms with Crippen LogP contribution in [0.15, 0.2) is 77.3 Å². The zero-order valence-electron chi connectivity index (χ0n) is 19.9. The first-order valence-corrected chi connectivity index (χ1v) is 12.2. The van der Waals surface area contributed by atoms with Crippen LogP contribution in [0.3, 0.4) is 0 Å². The van der Waals surface area contributed by atoms with Gasteiger partial charge in [0.05, 0.1) is 0 Å². The molecule has 0 fully saturated rings. The van der Waals surface area contributed by atoms with Gasteiger partial charge >= 0.3 is 0 Å². The molecule has 0 radical (unpaired) electrons. The lowest BCUT2D eigenvalue weighted by atomic mass is 10.0. The standard InChI is InChI=1S/C28H31BrN2O3/c1-4-30-28(33)25(17-22-11-7-5-8-12-22)31(18-23-13-9-6-10-14-23)26(32)19-34-24-15-20(2)27(29)21(3)16-24/h5-16,25H,4,17-19H2,1-3H3,(H,30,33)/t25-/m0/s1. The van der Waals surface area contributed by atoms with Crippen LogP contribution in [0.25, 0.3) is 0 Å². The van der Waals surface area contributed by atoms with Gasteiger partial charge in [-0.1, -0.05) is 76.6 Å². The lowest BCUT2D eigenvalue weighted by Gasteiger charge is -2.31. The normalized spacial score (nSPS) is 11.5. The highest BCUT2D eigenvalue weighted by atomic mass is 79.9. The topological polar surface area (TPSA) is 58.6 Å². The van der Waals surface area contributed by atoms with Crippen molar-refractivity contribution < 1.29 is 14.3 Å². The van der Waals surface area contributed by atoms with Gasteiger partial charge in [0.15, 0.2) is 6.61 Å². The third-order valence-electron chi connectivity index (χ3n) is 5.59. The summed E-state index contributed by atoms with van der Waals surface area (Å²) in [6.07, 6.45) is 0.418. The highest BCUT2D eigenvalue weighted by molar-refractivity contribution is 9.10. The van der Waals surface area contributed by atoms with Crippen molar-refractivity contribution in [2.24, 2.45) is 0 Å². The smallest absolute Gasteiger partial charge is 0.261 e. The van der Waals surface area contributed by atoms with Crippen LogP contribution in [-0.4, -0.2) is 35.9 Å². The van der Waals surface area contributed by atoms with E-state index in [-0.39, 0.29) is 18.4 Å². The maximum atomic E-state index is 13.5. The van der Waals surface area contributed by atoms with Gasteiger partial charge in [-0.05, 0) is 55.2 Å². The Labute approximate surface area is 210 Å². The number of halogens is 1. The summed E-state index contributed by atoms with van der Waals surface area (Å²) in [5.74, 6) is 0.212. The van der Waals surface area contributed by atoms with Gasteiger partial charge in [0, 0.05) is 24.0 Å². The van der Waals surface area contributed by atoms with Gasteiger partial charge in [-0.25, -0.2) is 0 Å². The summed E-state index contributed by atoms with van der Waals surface area (Å²) in [6, 6.07) is 22.6. The van der Waals surface area contributed by atoms with Crippen molar-refractivity contribution >= 4 is 27.7 Å². The van der Waals surface area contributed by atoms with Crippen LogP contribution in [0.1, 0.15) is 29.2 Å². The molecule has 0 spiro atoms. The minimum absolute atomic E-state index is 0.155. The minimum Gasteiger partial charge on any atom is -0.484 e. The number of likely N-dealkylation sites (N-methyl/N-ethyl adjacent to an activating group) is 1. The first-order chi connectivity index (χ1) is 16.4. The van der Waals surface area contributed by atoms with E-state index in [0.717, 1.165) is 26.7 Å². The Balaban J connectivity index is 1.88. The van der Waals surface area contributed by atoms with E-state index in [4.69, 9.17) is 4.74 Å². The molecule has 178 valence electrons. The van der Waals surface area contributed by atoms with Gasteiger partial charge in [-0.3, -0.25) is 9.59 Å². The van der Waals surface area contributed by atoms with Gasteiger partial charge in [-0.15, -0.1) is 0 Å². The Hall–Kier alpha value is -3.12. The van der Waals surface area contributed by atoms with Crippen molar-refractivity contribution in [1.82, 2.24) is 10.2 Å². The van der Waals surface area contributed by atoms with Crippen LogP contribution in [0.2, 0.25) is 0 Å². The van der Waals surface area contributed by atoms with Crippen molar-refractivity contribution in [3.05, 3.63) is 99.5 Å². The highest BCUT2D eigenvalue weighted by Gasteiger charge is 2.30. The molecule has 0 heterocycles. The van der Waals surface area contributed by atoms with Crippen molar-refractivity contribution in [1.29, 1.82) is 0 Å². The van der Waals surface area contributed by atoms with E-state index >= 15 is 0 Å². The van der Waals surface area contributed by atoms with Crippen molar-refractivity contribution in [3.8, 4) is 5.75 Å². The quantitative estimate of drug-likeness (QED) is 0.397. The van der Waals surface area contributed by atoms with E-state index < -0.39 is 6.04 Å². The molecule has 0 aromatic heterocycles. The number of ether oxygens (including phenoxy) is 1. The fourth-order valence-electron chi connectivity index (χ4n) is 3.84. The largest absolute Gasteiger partial charge is 0.484 e. The van der Waals surface area contributed by atoms with Gasteiger partial charge in [0.25, 0.3) is 5.91 Å². The molecule has 0 saturated heterocycles. The predicted molar refractivity (Wildman–Crippen MR) is 139 cm³/mol. The maximum Gasteiger partial charge on any atom is 0.261 e. The van der Waals surface area contributed by atoms with E-state index in [1.807, 2.05) is 93.6 Å². The molecule has 2 amide bonds. The molecule has 6 heteroatoms. The molecule has 34 heavy (non-hydrogen) atoms. The van der Waals surface area contributed by atoms with E-state index in [1.54, 1.807) is 4.90 Å². The number of rotatable bonds is 10. The number of hydrogen-bond donors (Lipinski definition) is 1. The van der Waals surface area contributed by atoms with E-state index in [1.165, 1.54) is 0 Å².